The topological polar surface area (TPSA) is 37.8 Å². The monoisotopic (exact) mass is 233 g/mol. The van der Waals surface area contributed by atoms with Crippen LogP contribution in [0.1, 0.15) is 30.0 Å². The van der Waals surface area contributed by atoms with Crippen LogP contribution in [0.5, 0.6) is 0 Å². The summed E-state index contributed by atoms with van der Waals surface area (Å²) in [5.41, 5.74) is 1.21. The van der Waals surface area contributed by atoms with Gasteiger partial charge < -0.3 is 5.32 Å². The van der Waals surface area contributed by atoms with Crippen LogP contribution in [0.25, 0.3) is 0 Å². The van der Waals surface area contributed by atoms with Crippen LogP contribution in [-0.2, 0) is 6.54 Å². The Balaban J connectivity index is 1.94. The van der Waals surface area contributed by atoms with Crippen LogP contribution in [0.2, 0.25) is 0 Å². The zero-order chi connectivity index (χ0) is 11.2. The summed E-state index contributed by atoms with van der Waals surface area (Å²) >= 11 is 1.70. The largest absolute Gasteiger partial charge is 0.304 e. The molecule has 0 radical (unpaired) electrons. The number of aromatic nitrogens is 2. The van der Waals surface area contributed by atoms with Crippen LogP contribution < -0.4 is 5.32 Å². The molecular weight excluding hydrogens is 218 g/mol. The number of nitrogens with one attached hydrogen (secondary N) is 1. The molecule has 2 rings (SSSR count). The summed E-state index contributed by atoms with van der Waals surface area (Å²) in [7, 11) is 0. The van der Waals surface area contributed by atoms with Gasteiger partial charge in [0, 0.05) is 30.5 Å². The third kappa shape index (κ3) is 2.87. The number of rotatable bonds is 5. The van der Waals surface area contributed by atoms with E-state index < -0.39 is 0 Å². The standard InChI is InChI=1S/C12H15N3S/c1-2-11(12-14-6-7-16-12)15-9-10-4-3-5-13-8-10/h3-8,11,15H,2,9H2,1H3. The Kier molecular flexibility index (Phi) is 4.02. The van der Waals surface area contributed by atoms with Gasteiger partial charge in [0.1, 0.15) is 5.01 Å². The number of hydrogen-bond acceptors (Lipinski definition) is 4. The normalized spacial score (nSPS) is 12.6. The lowest BCUT2D eigenvalue weighted by Gasteiger charge is -2.13. The van der Waals surface area contributed by atoms with Crippen molar-refractivity contribution in [3.63, 3.8) is 0 Å². The smallest absolute Gasteiger partial charge is 0.109 e. The molecule has 0 saturated carbocycles. The van der Waals surface area contributed by atoms with Gasteiger partial charge in [0.25, 0.3) is 0 Å². The second-order valence-corrected chi connectivity index (χ2v) is 4.50. The molecule has 0 aliphatic rings. The van der Waals surface area contributed by atoms with Gasteiger partial charge in [-0.1, -0.05) is 13.0 Å². The van der Waals surface area contributed by atoms with Crippen LogP contribution in [0.15, 0.2) is 36.1 Å². The molecule has 84 valence electrons. The van der Waals surface area contributed by atoms with E-state index in [0.717, 1.165) is 18.0 Å². The fourth-order valence-electron chi connectivity index (χ4n) is 1.56. The van der Waals surface area contributed by atoms with Crippen LogP contribution >= 0.6 is 11.3 Å². The fraction of sp³-hybridized carbons (Fsp3) is 0.333. The van der Waals surface area contributed by atoms with Crippen molar-refractivity contribution in [1.82, 2.24) is 15.3 Å². The maximum absolute atomic E-state index is 4.34. The van der Waals surface area contributed by atoms with Gasteiger partial charge in [-0.3, -0.25) is 4.98 Å². The molecule has 2 heterocycles. The summed E-state index contributed by atoms with van der Waals surface area (Å²) in [5, 5.41) is 6.67. The van der Waals surface area contributed by atoms with Gasteiger partial charge in [0.15, 0.2) is 0 Å². The molecule has 0 aliphatic heterocycles. The summed E-state index contributed by atoms with van der Waals surface area (Å²) in [6.45, 7) is 3.01. The minimum Gasteiger partial charge on any atom is -0.304 e. The molecule has 0 spiro atoms. The summed E-state index contributed by atoms with van der Waals surface area (Å²) in [4.78, 5) is 8.44. The Hall–Kier alpha value is -1.26. The highest BCUT2D eigenvalue weighted by atomic mass is 32.1. The molecule has 2 aromatic heterocycles. The van der Waals surface area contributed by atoms with Crippen molar-refractivity contribution in [1.29, 1.82) is 0 Å². The highest BCUT2D eigenvalue weighted by Crippen LogP contribution is 2.19. The number of nitrogens with zero attached hydrogens (tertiary/aromatic N) is 2. The third-order valence-electron chi connectivity index (χ3n) is 2.43. The van der Waals surface area contributed by atoms with E-state index in [9.17, 15) is 0 Å². The third-order valence-corrected chi connectivity index (χ3v) is 3.32. The van der Waals surface area contributed by atoms with E-state index in [1.807, 2.05) is 23.8 Å². The van der Waals surface area contributed by atoms with Crippen molar-refractivity contribution in [2.75, 3.05) is 0 Å². The van der Waals surface area contributed by atoms with E-state index in [-0.39, 0.29) is 0 Å². The molecule has 1 N–H and O–H groups in total. The molecule has 1 atom stereocenters. The SMILES string of the molecule is CCC(NCc1cccnc1)c1nccs1. The van der Waals surface area contributed by atoms with E-state index in [4.69, 9.17) is 0 Å². The van der Waals surface area contributed by atoms with Crippen LogP contribution in [-0.4, -0.2) is 9.97 Å². The van der Waals surface area contributed by atoms with Gasteiger partial charge in [0.2, 0.25) is 0 Å². The lowest BCUT2D eigenvalue weighted by molar-refractivity contribution is 0.516. The maximum atomic E-state index is 4.34. The molecule has 0 amide bonds. The lowest BCUT2D eigenvalue weighted by Crippen LogP contribution is -2.20. The molecule has 1 unspecified atom stereocenters. The molecule has 2 aromatic rings. The first-order valence-electron chi connectivity index (χ1n) is 5.42. The van der Waals surface area contributed by atoms with Crippen LogP contribution in [0.4, 0.5) is 0 Å². The molecule has 0 aromatic carbocycles. The first-order chi connectivity index (χ1) is 7.90. The Bertz CT molecular complexity index is 399. The second kappa shape index (κ2) is 5.72. The Morgan fingerprint density at radius 1 is 1.44 bits per heavy atom. The van der Waals surface area contributed by atoms with E-state index in [0.29, 0.717) is 6.04 Å². The molecule has 16 heavy (non-hydrogen) atoms. The molecule has 3 nitrogen and oxygen atoms in total. The quantitative estimate of drug-likeness (QED) is 0.863. The fourth-order valence-corrected chi connectivity index (χ4v) is 2.35. The molecular formula is C12H15N3S. The molecule has 0 fully saturated rings. The lowest BCUT2D eigenvalue weighted by atomic mass is 10.2. The van der Waals surface area contributed by atoms with Crippen molar-refractivity contribution < 1.29 is 0 Å². The van der Waals surface area contributed by atoms with Gasteiger partial charge in [-0.2, -0.15) is 0 Å². The summed E-state index contributed by atoms with van der Waals surface area (Å²) < 4.78 is 0. The van der Waals surface area contributed by atoms with E-state index in [1.54, 1.807) is 17.5 Å². The first-order valence-corrected chi connectivity index (χ1v) is 6.29. The van der Waals surface area contributed by atoms with E-state index >= 15 is 0 Å². The second-order valence-electron chi connectivity index (χ2n) is 3.57. The highest BCUT2D eigenvalue weighted by Gasteiger charge is 2.10. The summed E-state index contributed by atoms with van der Waals surface area (Å²) in [5.74, 6) is 0. The molecule has 0 saturated heterocycles. The predicted molar refractivity (Wildman–Crippen MR) is 66.2 cm³/mol. The summed E-state index contributed by atoms with van der Waals surface area (Å²) in [6.07, 6.45) is 6.59. The van der Waals surface area contributed by atoms with Gasteiger partial charge in [-0.25, -0.2) is 4.98 Å². The first kappa shape index (κ1) is 11.2. The Morgan fingerprint density at radius 2 is 2.38 bits per heavy atom. The average Bonchev–Trinajstić information content (AvgIpc) is 2.85. The average molecular weight is 233 g/mol. The van der Waals surface area contributed by atoms with Crippen molar-refractivity contribution >= 4 is 11.3 Å². The maximum Gasteiger partial charge on any atom is 0.109 e. The van der Waals surface area contributed by atoms with Crippen LogP contribution in [0.3, 0.4) is 0 Å². The van der Waals surface area contributed by atoms with Gasteiger partial charge in [-0.15, -0.1) is 11.3 Å². The zero-order valence-electron chi connectivity index (χ0n) is 9.26. The van der Waals surface area contributed by atoms with Gasteiger partial charge in [-0.05, 0) is 18.1 Å². The number of pyridine rings is 1. The molecule has 4 heteroatoms. The minimum atomic E-state index is 0.347. The van der Waals surface area contributed by atoms with Crippen molar-refractivity contribution in [3.8, 4) is 0 Å². The predicted octanol–water partition coefficient (Wildman–Crippen LogP) is 2.78. The van der Waals surface area contributed by atoms with Crippen molar-refractivity contribution in [3.05, 3.63) is 46.7 Å². The zero-order valence-corrected chi connectivity index (χ0v) is 10.1. The number of thiazole rings is 1. The summed E-state index contributed by atoms with van der Waals surface area (Å²) in [6, 6.07) is 4.39. The van der Waals surface area contributed by atoms with Gasteiger partial charge >= 0.3 is 0 Å². The Labute approximate surface area is 99.6 Å². The number of hydrogen-bond donors (Lipinski definition) is 1. The Morgan fingerprint density at radius 3 is 3.00 bits per heavy atom. The minimum absolute atomic E-state index is 0.347. The van der Waals surface area contributed by atoms with Crippen LogP contribution in [0, 0.1) is 0 Å². The molecule has 0 bridgehead atoms. The van der Waals surface area contributed by atoms with E-state index in [1.165, 1.54) is 5.56 Å². The van der Waals surface area contributed by atoms with Crippen molar-refractivity contribution in [2.45, 2.75) is 25.9 Å². The highest BCUT2D eigenvalue weighted by molar-refractivity contribution is 7.09. The van der Waals surface area contributed by atoms with Gasteiger partial charge in [0.05, 0.1) is 6.04 Å². The molecule has 0 aliphatic carbocycles. The van der Waals surface area contributed by atoms with E-state index in [2.05, 4.69) is 28.3 Å². The van der Waals surface area contributed by atoms with Crippen molar-refractivity contribution in [2.24, 2.45) is 0 Å².